The van der Waals surface area contributed by atoms with Gasteiger partial charge in [-0.05, 0) is 48.3 Å². The van der Waals surface area contributed by atoms with Gasteiger partial charge in [0.1, 0.15) is 4.60 Å². The molecule has 0 spiro atoms. The molecule has 0 aromatic carbocycles. The number of rotatable bonds is 3. The molecule has 1 aromatic rings. The number of likely N-dealkylation sites (N-methyl/N-ethyl adjacent to an activating group) is 1. The van der Waals surface area contributed by atoms with Crippen molar-refractivity contribution < 1.29 is 9.63 Å². The summed E-state index contributed by atoms with van der Waals surface area (Å²) in [6.07, 6.45) is 1.94. The molecular formula is C12H17BrN2O2. The first-order chi connectivity index (χ1) is 7.79. The Bertz CT molecular complexity index is 402. The summed E-state index contributed by atoms with van der Waals surface area (Å²) in [5, 5.41) is 1.28. The molecule has 1 rings (SSSR count). The number of carbonyl (C=O) groups excluding carboxylic acids is 1. The van der Waals surface area contributed by atoms with E-state index >= 15 is 0 Å². The van der Waals surface area contributed by atoms with Crippen LogP contribution in [0.15, 0.2) is 22.9 Å². The minimum Gasteiger partial charge on any atom is -0.272 e. The maximum Gasteiger partial charge on any atom is 0.250 e. The smallest absolute Gasteiger partial charge is 0.250 e. The van der Waals surface area contributed by atoms with Crippen molar-refractivity contribution in [1.29, 1.82) is 0 Å². The van der Waals surface area contributed by atoms with Crippen LogP contribution >= 0.6 is 15.9 Å². The molecule has 17 heavy (non-hydrogen) atoms. The van der Waals surface area contributed by atoms with Gasteiger partial charge in [0.2, 0.25) is 5.91 Å². The number of pyridine rings is 1. The number of hydrogen-bond acceptors (Lipinski definition) is 3. The van der Waals surface area contributed by atoms with E-state index in [-0.39, 0.29) is 17.9 Å². The van der Waals surface area contributed by atoms with Crippen LogP contribution in [-0.2, 0) is 16.1 Å². The number of hydrogen-bond donors (Lipinski definition) is 0. The molecule has 0 N–H and O–H groups in total. The highest BCUT2D eigenvalue weighted by molar-refractivity contribution is 9.10. The summed E-state index contributed by atoms with van der Waals surface area (Å²) in [6.45, 7) is 5.70. The molecule has 4 nitrogen and oxygen atoms in total. The summed E-state index contributed by atoms with van der Waals surface area (Å²) >= 11 is 3.31. The largest absolute Gasteiger partial charge is 0.272 e. The summed E-state index contributed by atoms with van der Waals surface area (Å²) in [5.74, 6) is -0.103. The van der Waals surface area contributed by atoms with Gasteiger partial charge < -0.3 is 0 Å². The van der Waals surface area contributed by atoms with Gasteiger partial charge in [-0.3, -0.25) is 9.63 Å². The Hall–Kier alpha value is -0.940. The molecule has 1 amide bonds. The zero-order valence-electron chi connectivity index (χ0n) is 10.5. The maximum absolute atomic E-state index is 11.9. The lowest BCUT2D eigenvalue weighted by Crippen LogP contribution is -2.36. The second-order valence-corrected chi connectivity index (χ2v) is 5.48. The van der Waals surface area contributed by atoms with Crippen molar-refractivity contribution in [2.75, 3.05) is 7.05 Å². The molecule has 0 aliphatic heterocycles. The number of amides is 1. The third-order valence-corrected chi connectivity index (χ3v) is 2.65. The Morgan fingerprint density at radius 1 is 1.53 bits per heavy atom. The summed E-state index contributed by atoms with van der Waals surface area (Å²) in [6, 6.07) is 3.66. The predicted octanol–water partition coefficient (Wildman–Crippen LogP) is 2.58. The molecule has 0 radical (unpaired) electrons. The topological polar surface area (TPSA) is 42.4 Å². The van der Waals surface area contributed by atoms with E-state index in [1.54, 1.807) is 19.3 Å². The fourth-order valence-electron chi connectivity index (χ4n) is 1.29. The molecule has 0 aliphatic carbocycles. The van der Waals surface area contributed by atoms with Crippen LogP contribution in [0.2, 0.25) is 0 Å². The second kappa shape index (κ2) is 5.60. The van der Waals surface area contributed by atoms with Crippen molar-refractivity contribution in [3.8, 4) is 0 Å². The van der Waals surface area contributed by atoms with Gasteiger partial charge in [-0.1, -0.05) is 6.07 Å². The van der Waals surface area contributed by atoms with E-state index in [1.165, 1.54) is 5.06 Å². The van der Waals surface area contributed by atoms with Gasteiger partial charge in [0.05, 0.1) is 12.0 Å². The monoisotopic (exact) mass is 300 g/mol. The van der Waals surface area contributed by atoms with Crippen LogP contribution < -0.4 is 0 Å². The highest BCUT2D eigenvalue weighted by Crippen LogP contribution is 2.15. The molecule has 0 fully saturated rings. The number of aromatic nitrogens is 1. The second-order valence-electron chi connectivity index (χ2n) is 4.72. The summed E-state index contributed by atoms with van der Waals surface area (Å²) in [7, 11) is 1.62. The highest BCUT2D eigenvalue weighted by Gasteiger charge is 2.19. The first-order valence-electron chi connectivity index (χ1n) is 5.34. The van der Waals surface area contributed by atoms with Crippen LogP contribution in [0.4, 0.5) is 0 Å². The van der Waals surface area contributed by atoms with E-state index in [9.17, 15) is 4.79 Å². The average molecular weight is 301 g/mol. The van der Waals surface area contributed by atoms with Gasteiger partial charge >= 0.3 is 0 Å². The molecule has 0 unspecified atom stereocenters. The quantitative estimate of drug-likeness (QED) is 0.636. The number of halogens is 1. The van der Waals surface area contributed by atoms with Crippen molar-refractivity contribution in [2.24, 2.45) is 0 Å². The first kappa shape index (κ1) is 14.1. The summed E-state index contributed by atoms with van der Waals surface area (Å²) < 4.78 is 0.692. The SMILES string of the molecule is CN(OC(C)(C)C)C(=O)Cc1cccnc1Br. The minimum atomic E-state index is -0.378. The Kier molecular flexibility index (Phi) is 4.65. The van der Waals surface area contributed by atoms with Gasteiger partial charge in [-0.15, -0.1) is 0 Å². The fourth-order valence-corrected chi connectivity index (χ4v) is 1.68. The molecule has 94 valence electrons. The van der Waals surface area contributed by atoms with E-state index in [2.05, 4.69) is 20.9 Å². The molecule has 0 aliphatic rings. The lowest BCUT2D eigenvalue weighted by molar-refractivity contribution is -0.216. The van der Waals surface area contributed by atoms with Crippen molar-refractivity contribution >= 4 is 21.8 Å². The van der Waals surface area contributed by atoms with Crippen molar-refractivity contribution in [1.82, 2.24) is 10.0 Å². The molecule has 0 bridgehead atoms. The molecule has 0 saturated heterocycles. The highest BCUT2D eigenvalue weighted by atomic mass is 79.9. The number of nitrogens with zero attached hydrogens (tertiary/aromatic N) is 2. The van der Waals surface area contributed by atoms with Crippen molar-refractivity contribution in [2.45, 2.75) is 32.8 Å². The Labute approximate surface area is 110 Å². The van der Waals surface area contributed by atoms with E-state index in [1.807, 2.05) is 26.8 Å². The van der Waals surface area contributed by atoms with Gasteiger partial charge in [0.15, 0.2) is 0 Å². The maximum atomic E-state index is 11.9. The van der Waals surface area contributed by atoms with Crippen LogP contribution in [0.25, 0.3) is 0 Å². The van der Waals surface area contributed by atoms with Crippen molar-refractivity contribution in [3.05, 3.63) is 28.5 Å². The molecule has 0 atom stereocenters. The van der Waals surface area contributed by atoms with E-state index in [4.69, 9.17) is 4.84 Å². The Morgan fingerprint density at radius 2 is 2.18 bits per heavy atom. The molecule has 0 saturated carbocycles. The van der Waals surface area contributed by atoms with Crippen LogP contribution in [0.3, 0.4) is 0 Å². The van der Waals surface area contributed by atoms with E-state index < -0.39 is 0 Å². The number of hydroxylamine groups is 2. The third-order valence-electron chi connectivity index (χ3n) is 1.94. The molecule has 5 heteroatoms. The lowest BCUT2D eigenvalue weighted by Gasteiger charge is -2.26. The van der Waals surface area contributed by atoms with E-state index in [0.29, 0.717) is 4.60 Å². The van der Waals surface area contributed by atoms with Gasteiger partial charge in [0.25, 0.3) is 0 Å². The zero-order chi connectivity index (χ0) is 13.1. The summed E-state index contributed by atoms with van der Waals surface area (Å²) in [5.41, 5.74) is 0.471. The minimum absolute atomic E-state index is 0.103. The summed E-state index contributed by atoms with van der Waals surface area (Å²) in [4.78, 5) is 21.4. The van der Waals surface area contributed by atoms with Gasteiger partial charge in [-0.2, -0.15) is 0 Å². The van der Waals surface area contributed by atoms with Crippen LogP contribution in [-0.4, -0.2) is 28.6 Å². The predicted molar refractivity (Wildman–Crippen MR) is 69.2 cm³/mol. The Morgan fingerprint density at radius 3 is 2.71 bits per heavy atom. The Balaban J connectivity index is 2.64. The number of carbonyl (C=O) groups is 1. The molecular weight excluding hydrogens is 284 g/mol. The van der Waals surface area contributed by atoms with Crippen LogP contribution in [0.1, 0.15) is 26.3 Å². The van der Waals surface area contributed by atoms with Crippen LogP contribution in [0, 0.1) is 0 Å². The average Bonchev–Trinajstić information content (AvgIpc) is 2.18. The van der Waals surface area contributed by atoms with Gasteiger partial charge in [-0.25, -0.2) is 10.0 Å². The van der Waals surface area contributed by atoms with Crippen LogP contribution in [0.5, 0.6) is 0 Å². The lowest BCUT2D eigenvalue weighted by atomic mass is 10.2. The third kappa shape index (κ3) is 4.83. The fraction of sp³-hybridized carbons (Fsp3) is 0.500. The van der Waals surface area contributed by atoms with Gasteiger partial charge in [0, 0.05) is 13.2 Å². The molecule has 1 aromatic heterocycles. The molecule has 1 heterocycles. The van der Waals surface area contributed by atoms with E-state index in [0.717, 1.165) is 5.56 Å². The zero-order valence-corrected chi connectivity index (χ0v) is 12.1. The first-order valence-corrected chi connectivity index (χ1v) is 6.14. The standard InChI is InChI=1S/C12H17BrN2O2/c1-12(2,3)17-15(4)10(16)8-9-6-5-7-14-11(9)13/h5-7H,8H2,1-4H3. The normalized spacial score (nSPS) is 11.4. The van der Waals surface area contributed by atoms with Crippen molar-refractivity contribution in [3.63, 3.8) is 0 Å².